The fourth-order valence-corrected chi connectivity index (χ4v) is 2.84. The topological polar surface area (TPSA) is 61.2 Å². The first-order valence-electron chi connectivity index (χ1n) is 8.12. The molecule has 0 saturated heterocycles. The molecular weight excluding hydrogens is 359 g/mol. The number of esters is 1. The first-order valence-corrected chi connectivity index (χ1v) is 8.50. The first kappa shape index (κ1) is 18.1. The maximum absolute atomic E-state index is 13.8. The van der Waals surface area contributed by atoms with Crippen LogP contribution < -0.4 is 5.56 Å². The van der Waals surface area contributed by atoms with Crippen LogP contribution in [0.2, 0.25) is 5.02 Å². The molecule has 1 aromatic heterocycles. The Hall–Kier alpha value is -2.73. The van der Waals surface area contributed by atoms with Gasteiger partial charge in [-0.05, 0) is 24.6 Å². The molecule has 0 saturated carbocycles. The molecule has 3 rings (SSSR count). The predicted octanol–water partition coefficient (Wildman–Crippen LogP) is 3.96. The third-order valence-corrected chi connectivity index (χ3v) is 4.26. The highest BCUT2D eigenvalue weighted by molar-refractivity contribution is 6.31. The van der Waals surface area contributed by atoms with Gasteiger partial charge in [0, 0.05) is 17.5 Å². The monoisotopic (exact) mass is 374 g/mol. The summed E-state index contributed by atoms with van der Waals surface area (Å²) >= 11 is 5.95. The quantitative estimate of drug-likeness (QED) is 0.634. The highest BCUT2D eigenvalue weighted by Crippen LogP contribution is 2.21. The van der Waals surface area contributed by atoms with Gasteiger partial charge in [0.05, 0.1) is 10.4 Å². The molecule has 0 aliphatic heterocycles. The summed E-state index contributed by atoms with van der Waals surface area (Å²) in [6.45, 7) is 1.96. The van der Waals surface area contributed by atoms with Gasteiger partial charge in [-0.2, -0.15) is 5.10 Å². The molecule has 0 fully saturated rings. The van der Waals surface area contributed by atoms with Crippen LogP contribution in [0.25, 0.3) is 10.8 Å². The van der Waals surface area contributed by atoms with Crippen molar-refractivity contribution < 1.29 is 13.9 Å². The maximum Gasteiger partial charge on any atom is 0.359 e. The normalized spacial score (nSPS) is 10.9. The van der Waals surface area contributed by atoms with Gasteiger partial charge in [0.1, 0.15) is 12.4 Å². The van der Waals surface area contributed by atoms with Crippen LogP contribution in [0.3, 0.4) is 0 Å². The summed E-state index contributed by atoms with van der Waals surface area (Å²) in [5.74, 6) is -1.30. The smallest absolute Gasteiger partial charge is 0.359 e. The molecule has 134 valence electrons. The zero-order valence-electron chi connectivity index (χ0n) is 14.0. The Labute approximate surface area is 154 Å². The molecule has 1 heterocycles. The largest absolute Gasteiger partial charge is 0.456 e. The van der Waals surface area contributed by atoms with Crippen LogP contribution >= 0.6 is 11.6 Å². The van der Waals surface area contributed by atoms with Crippen molar-refractivity contribution in [2.75, 3.05) is 0 Å². The number of aromatic nitrogens is 2. The van der Waals surface area contributed by atoms with Gasteiger partial charge in [-0.1, -0.05) is 42.8 Å². The number of aryl methyl sites for hydroxylation is 1. The average Bonchev–Trinajstić information content (AvgIpc) is 2.63. The zero-order valence-corrected chi connectivity index (χ0v) is 14.8. The van der Waals surface area contributed by atoms with Gasteiger partial charge in [0.2, 0.25) is 0 Å². The van der Waals surface area contributed by atoms with E-state index < -0.39 is 11.8 Å². The second kappa shape index (κ2) is 7.66. The van der Waals surface area contributed by atoms with Crippen molar-refractivity contribution in [2.45, 2.75) is 26.5 Å². The molecule has 26 heavy (non-hydrogen) atoms. The van der Waals surface area contributed by atoms with E-state index in [1.807, 2.05) is 6.92 Å². The van der Waals surface area contributed by atoms with Crippen LogP contribution in [0.5, 0.6) is 0 Å². The third-order valence-electron chi connectivity index (χ3n) is 3.91. The van der Waals surface area contributed by atoms with Gasteiger partial charge in [-0.15, -0.1) is 0 Å². The Bertz CT molecular complexity index is 1010. The molecule has 2 aromatic carbocycles. The molecule has 5 nitrogen and oxygen atoms in total. The van der Waals surface area contributed by atoms with E-state index in [0.29, 0.717) is 23.7 Å². The van der Waals surface area contributed by atoms with Crippen molar-refractivity contribution in [3.8, 4) is 0 Å². The van der Waals surface area contributed by atoms with Gasteiger partial charge >= 0.3 is 5.97 Å². The molecule has 0 bridgehead atoms. The molecule has 0 atom stereocenters. The van der Waals surface area contributed by atoms with E-state index in [4.69, 9.17) is 16.3 Å². The Balaban J connectivity index is 1.98. The second-order valence-electron chi connectivity index (χ2n) is 5.70. The van der Waals surface area contributed by atoms with Gasteiger partial charge in [-0.3, -0.25) is 4.79 Å². The lowest BCUT2D eigenvalue weighted by Crippen LogP contribution is -2.26. The third kappa shape index (κ3) is 3.46. The Morgan fingerprint density at radius 2 is 1.92 bits per heavy atom. The number of carbonyl (C=O) groups excluding carboxylic acids is 1. The zero-order chi connectivity index (χ0) is 18.7. The number of rotatable bonds is 5. The van der Waals surface area contributed by atoms with Crippen LogP contribution in [0.15, 0.2) is 47.3 Å². The molecule has 3 aromatic rings. The lowest BCUT2D eigenvalue weighted by molar-refractivity contribution is 0.0461. The minimum Gasteiger partial charge on any atom is -0.456 e. The van der Waals surface area contributed by atoms with Crippen molar-refractivity contribution >= 4 is 28.3 Å². The average molecular weight is 375 g/mol. The molecule has 0 spiro atoms. The maximum atomic E-state index is 13.8. The van der Waals surface area contributed by atoms with E-state index in [-0.39, 0.29) is 28.4 Å². The first-order chi connectivity index (χ1) is 12.5. The van der Waals surface area contributed by atoms with E-state index in [0.717, 1.165) is 0 Å². The van der Waals surface area contributed by atoms with Crippen LogP contribution in [-0.4, -0.2) is 15.7 Å². The fraction of sp³-hybridized carbons (Fsp3) is 0.211. The van der Waals surface area contributed by atoms with E-state index in [1.165, 1.54) is 22.9 Å². The molecule has 0 aliphatic rings. The van der Waals surface area contributed by atoms with Gasteiger partial charge in [0.25, 0.3) is 5.56 Å². The van der Waals surface area contributed by atoms with E-state index in [2.05, 4.69) is 5.10 Å². The van der Waals surface area contributed by atoms with Crippen molar-refractivity contribution in [2.24, 2.45) is 0 Å². The molecule has 0 radical (unpaired) electrons. The Morgan fingerprint density at radius 3 is 2.62 bits per heavy atom. The molecule has 0 unspecified atom stereocenters. The van der Waals surface area contributed by atoms with E-state index in [9.17, 15) is 14.0 Å². The minimum atomic E-state index is -0.745. The van der Waals surface area contributed by atoms with E-state index >= 15 is 0 Å². The van der Waals surface area contributed by atoms with Crippen molar-refractivity contribution in [1.29, 1.82) is 0 Å². The summed E-state index contributed by atoms with van der Waals surface area (Å²) in [4.78, 5) is 25.0. The molecule has 0 amide bonds. The summed E-state index contributed by atoms with van der Waals surface area (Å²) < 4.78 is 20.3. The van der Waals surface area contributed by atoms with Crippen LogP contribution in [0.1, 0.15) is 29.4 Å². The summed E-state index contributed by atoms with van der Waals surface area (Å²) in [6.07, 6.45) is 0.685. The van der Waals surface area contributed by atoms with Crippen LogP contribution in [0, 0.1) is 5.82 Å². The number of hydrogen-bond donors (Lipinski definition) is 0. The second-order valence-corrected chi connectivity index (χ2v) is 6.11. The lowest BCUT2D eigenvalue weighted by Gasteiger charge is -2.11. The number of benzene rings is 2. The summed E-state index contributed by atoms with van der Waals surface area (Å²) in [7, 11) is 0. The lowest BCUT2D eigenvalue weighted by atomic mass is 10.1. The van der Waals surface area contributed by atoms with Gasteiger partial charge in [0.15, 0.2) is 5.69 Å². The van der Waals surface area contributed by atoms with Crippen LogP contribution in [0.4, 0.5) is 4.39 Å². The van der Waals surface area contributed by atoms with Gasteiger partial charge in [-0.25, -0.2) is 13.9 Å². The van der Waals surface area contributed by atoms with Crippen molar-refractivity contribution in [3.05, 3.63) is 74.9 Å². The van der Waals surface area contributed by atoms with Crippen LogP contribution in [-0.2, 0) is 17.9 Å². The SMILES string of the molecule is CCCn1nc(C(=O)OCc2c(F)cccc2Cl)c2ccccc2c1=O. The highest BCUT2D eigenvalue weighted by Gasteiger charge is 2.19. The predicted molar refractivity (Wildman–Crippen MR) is 96.8 cm³/mol. The number of carbonyl (C=O) groups is 1. The molecular formula is C19H16ClFN2O3. The Kier molecular flexibility index (Phi) is 5.32. The number of ether oxygens (including phenoxy) is 1. The molecule has 7 heteroatoms. The summed E-state index contributed by atoms with van der Waals surface area (Å²) in [5.41, 5.74) is -0.161. The highest BCUT2D eigenvalue weighted by atomic mass is 35.5. The molecule has 0 N–H and O–H groups in total. The minimum absolute atomic E-state index is 0.0149. The van der Waals surface area contributed by atoms with E-state index in [1.54, 1.807) is 24.3 Å². The number of halogens is 2. The number of hydrogen-bond acceptors (Lipinski definition) is 4. The number of nitrogens with zero attached hydrogens (tertiary/aromatic N) is 2. The standard InChI is InChI=1S/C19H16ClFN2O3/c1-2-10-23-18(24)13-7-4-3-6-12(13)17(22-23)19(25)26-11-14-15(20)8-5-9-16(14)21/h3-9H,2,10-11H2,1H3. The summed E-state index contributed by atoms with van der Waals surface area (Å²) in [6, 6.07) is 10.9. The fourth-order valence-electron chi connectivity index (χ4n) is 2.63. The number of fused-ring (bicyclic) bond motifs is 1. The molecule has 0 aliphatic carbocycles. The summed E-state index contributed by atoms with van der Waals surface area (Å²) in [5, 5.41) is 5.10. The van der Waals surface area contributed by atoms with Gasteiger partial charge < -0.3 is 4.74 Å². The Morgan fingerprint density at radius 1 is 1.19 bits per heavy atom. The van der Waals surface area contributed by atoms with Crippen molar-refractivity contribution in [3.63, 3.8) is 0 Å². The van der Waals surface area contributed by atoms with Crippen molar-refractivity contribution in [1.82, 2.24) is 9.78 Å².